The number of benzene rings is 1. The molecule has 5 nitrogen and oxygen atoms in total. The summed E-state index contributed by atoms with van der Waals surface area (Å²) in [6.07, 6.45) is 2.23. The molecule has 1 aliphatic rings. The molecule has 3 rings (SSSR count). The molecule has 0 saturated heterocycles. The number of aliphatic hydroxyl groups excluding tert-OH is 1. The highest BCUT2D eigenvalue weighted by molar-refractivity contribution is 6.31. The summed E-state index contributed by atoms with van der Waals surface area (Å²) in [4.78, 5) is 9.06. The van der Waals surface area contributed by atoms with E-state index in [2.05, 4.69) is 20.6 Å². The first-order chi connectivity index (χ1) is 12.0. The largest absolute Gasteiger partial charge is 0.394 e. The highest BCUT2D eigenvalue weighted by Crippen LogP contribution is 2.40. The van der Waals surface area contributed by atoms with Gasteiger partial charge in [0.1, 0.15) is 11.6 Å². The smallest absolute Gasteiger partial charge is 0.225 e. The van der Waals surface area contributed by atoms with E-state index in [9.17, 15) is 9.50 Å². The van der Waals surface area contributed by atoms with Crippen LogP contribution in [0.5, 0.6) is 0 Å². The van der Waals surface area contributed by atoms with Crippen LogP contribution in [0.4, 0.5) is 21.8 Å². The summed E-state index contributed by atoms with van der Waals surface area (Å²) < 4.78 is 13.3. The van der Waals surface area contributed by atoms with Gasteiger partial charge in [0.05, 0.1) is 23.4 Å². The molecule has 3 N–H and O–H groups in total. The minimum absolute atomic E-state index is 0.00498. The molecule has 0 radical (unpaired) electrons. The number of nitrogens with one attached hydrogen (secondary N) is 2. The van der Waals surface area contributed by atoms with Crippen molar-refractivity contribution < 1.29 is 9.50 Å². The summed E-state index contributed by atoms with van der Waals surface area (Å²) in [6.45, 7) is 4.06. The average Bonchev–Trinajstić information content (AvgIpc) is 3.40. The van der Waals surface area contributed by atoms with Crippen LogP contribution in [0.1, 0.15) is 38.3 Å². The lowest BCUT2D eigenvalue weighted by Gasteiger charge is -2.20. The van der Waals surface area contributed by atoms with Gasteiger partial charge in [0.2, 0.25) is 5.95 Å². The van der Waals surface area contributed by atoms with Crippen molar-refractivity contribution in [2.24, 2.45) is 5.92 Å². The highest BCUT2D eigenvalue weighted by atomic mass is 35.5. The van der Waals surface area contributed by atoms with E-state index in [1.165, 1.54) is 12.1 Å². The van der Waals surface area contributed by atoms with Crippen LogP contribution >= 0.6 is 11.6 Å². The zero-order chi connectivity index (χ0) is 18.0. The van der Waals surface area contributed by atoms with Gasteiger partial charge in [-0.05, 0) is 37.0 Å². The van der Waals surface area contributed by atoms with Gasteiger partial charge in [-0.3, -0.25) is 0 Å². The Morgan fingerprint density at radius 1 is 1.28 bits per heavy atom. The van der Waals surface area contributed by atoms with Crippen LogP contribution in [0.15, 0.2) is 24.3 Å². The lowest BCUT2D eigenvalue weighted by Crippen LogP contribution is -2.30. The minimum Gasteiger partial charge on any atom is -0.394 e. The van der Waals surface area contributed by atoms with Crippen LogP contribution in [0.25, 0.3) is 0 Å². The zero-order valence-electron chi connectivity index (χ0n) is 14.3. The number of halogens is 2. The Balaban J connectivity index is 1.86. The summed E-state index contributed by atoms with van der Waals surface area (Å²) in [5.41, 5.74) is 1.62. The topological polar surface area (TPSA) is 70.1 Å². The first-order valence-electron chi connectivity index (χ1n) is 8.44. The molecule has 1 heterocycles. The maximum Gasteiger partial charge on any atom is 0.225 e. The highest BCUT2D eigenvalue weighted by Gasteiger charge is 2.26. The number of aliphatic hydroxyl groups is 1. The van der Waals surface area contributed by atoms with Crippen LogP contribution in [0.3, 0.4) is 0 Å². The van der Waals surface area contributed by atoms with Crippen molar-refractivity contribution >= 4 is 29.1 Å². The molecule has 7 heteroatoms. The van der Waals surface area contributed by atoms with Crippen LogP contribution in [-0.2, 0) is 0 Å². The van der Waals surface area contributed by atoms with Gasteiger partial charge in [0.25, 0.3) is 0 Å². The van der Waals surface area contributed by atoms with Gasteiger partial charge in [0, 0.05) is 17.7 Å². The van der Waals surface area contributed by atoms with Crippen molar-refractivity contribution in [3.8, 4) is 0 Å². The number of hydrogen-bond acceptors (Lipinski definition) is 5. The molecule has 0 amide bonds. The number of hydrogen-bond donors (Lipinski definition) is 3. The van der Waals surface area contributed by atoms with Crippen molar-refractivity contribution in [3.63, 3.8) is 0 Å². The Kier molecular flexibility index (Phi) is 5.39. The third kappa shape index (κ3) is 4.58. The van der Waals surface area contributed by atoms with E-state index in [1.807, 2.05) is 19.9 Å². The molecule has 0 aliphatic heterocycles. The van der Waals surface area contributed by atoms with Gasteiger partial charge in [0.15, 0.2) is 0 Å². The molecular weight excluding hydrogens is 343 g/mol. The standard InChI is InChI=1S/C18H22ClFN4O/c1-10(2)16(9-25)23-18-22-15(11-3-4-11)8-17(24-18)21-12-5-6-14(20)13(19)7-12/h5-8,10-11,16,25H,3-4,9H2,1-2H3,(H2,21,22,23,24)/t16-/m1/s1. The Bertz CT molecular complexity index is 752. The fourth-order valence-electron chi connectivity index (χ4n) is 2.49. The first-order valence-corrected chi connectivity index (χ1v) is 8.82. The van der Waals surface area contributed by atoms with Crippen molar-refractivity contribution in [1.29, 1.82) is 0 Å². The van der Waals surface area contributed by atoms with Gasteiger partial charge in [-0.1, -0.05) is 25.4 Å². The molecule has 1 fully saturated rings. The quantitative estimate of drug-likeness (QED) is 0.682. The van der Waals surface area contributed by atoms with Crippen molar-refractivity contribution in [2.75, 3.05) is 17.2 Å². The van der Waals surface area contributed by atoms with Crippen LogP contribution in [0.2, 0.25) is 5.02 Å². The summed E-state index contributed by atoms with van der Waals surface area (Å²) in [5, 5.41) is 15.9. The number of rotatable bonds is 7. The maximum absolute atomic E-state index is 13.3. The maximum atomic E-state index is 13.3. The van der Waals surface area contributed by atoms with Gasteiger partial charge in [-0.2, -0.15) is 4.98 Å². The Morgan fingerprint density at radius 2 is 2.04 bits per heavy atom. The normalized spacial score (nSPS) is 15.3. The molecule has 2 aromatic rings. The molecular formula is C18H22ClFN4O. The third-order valence-corrected chi connectivity index (χ3v) is 4.54. The molecule has 0 unspecified atom stereocenters. The van der Waals surface area contributed by atoms with E-state index in [0.29, 0.717) is 23.4 Å². The van der Waals surface area contributed by atoms with E-state index < -0.39 is 5.82 Å². The number of nitrogens with zero attached hydrogens (tertiary/aromatic N) is 2. The van der Waals surface area contributed by atoms with Crippen molar-refractivity contribution in [1.82, 2.24) is 9.97 Å². The molecule has 0 bridgehead atoms. The summed E-state index contributed by atoms with van der Waals surface area (Å²) in [7, 11) is 0. The van der Waals surface area contributed by atoms with Crippen molar-refractivity contribution in [2.45, 2.75) is 38.6 Å². The molecule has 1 aromatic heterocycles. The van der Waals surface area contributed by atoms with E-state index >= 15 is 0 Å². The summed E-state index contributed by atoms with van der Waals surface area (Å²) in [6, 6.07) is 6.23. The van der Waals surface area contributed by atoms with E-state index in [4.69, 9.17) is 11.6 Å². The Hall–Kier alpha value is -1.92. The SMILES string of the molecule is CC(C)[C@@H](CO)Nc1nc(Nc2ccc(F)c(Cl)c2)cc(C2CC2)n1. The van der Waals surface area contributed by atoms with Crippen LogP contribution in [0, 0.1) is 11.7 Å². The zero-order valence-corrected chi connectivity index (χ0v) is 15.0. The van der Waals surface area contributed by atoms with Crippen LogP contribution < -0.4 is 10.6 Å². The molecule has 134 valence electrons. The average molecular weight is 365 g/mol. The predicted octanol–water partition coefficient (Wildman–Crippen LogP) is 4.32. The first kappa shape index (κ1) is 17.9. The van der Waals surface area contributed by atoms with Gasteiger partial charge in [-0.25, -0.2) is 9.37 Å². The summed E-state index contributed by atoms with van der Waals surface area (Å²) in [5.74, 6) is 1.33. The fraction of sp³-hybridized carbons (Fsp3) is 0.444. The van der Waals surface area contributed by atoms with Gasteiger partial charge >= 0.3 is 0 Å². The second-order valence-electron chi connectivity index (χ2n) is 6.71. The second kappa shape index (κ2) is 7.54. The minimum atomic E-state index is -0.460. The van der Waals surface area contributed by atoms with Crippen molar-refractivity contribution in [3.05, 3.63) is 40.8 Å². The van der Waals surface area contributed by atoms with E-state index in [1.54, 1.807) is 6.07 Å². The van der Waals surface area contributed by atoms with Crippen LogP contribution in [-0.4, -0.2) is 27.7 Å². The number of aromatic nitrogens is 2. The lowest BCUT2D eigenvalue weighted by atomic mass is 10.1. The Labute approximate surface area is 151 Å². The molecule has 1 saturated carbocycles. The molecule has 1 atom stereocenters. The lowest BCUT2D eigenvalue weighted by molar-refractivity contribution is 0.248. The van der Waals surface area contributed by atoms with Gasteiger partial charge < -0.3 is 15.7 Å². The molecule has 25 heavy (non-hydrogen) atoms. The molecule has 0 spiro atoms. The fourth-order valence-corrected chi connectivity index (χ4v) is 2.67. The molecule has 1 aliphatic carbocycles. The third-order valence-electron chi connectivity index (χ3n) is 4.25. The van der Waals surface area contributed by atoms with Gasteiger partial charge in [-0.15, -0.1) is 0 Å². The number of anilines is 3. The summed E-state index contributed by atoms with van der Waals surface area (Å²) >= 11 is 5.84. The second-order valence-corrected chi connectivity index (χ2v) is 7.11. The van der Waals surface area contributed by atoms with E-state index in [-0.39, 0.29) is 23.6 Å². The van der Waals surface area contributed by atoms with E-state index in [0.717, 1.165) is 18.5 Å². The predicted molar refractivity (Wildman–Crippen MR) is 98.0 cm³/mol. The monoisotopic (exact) mass is 364 g/mol. The Morgan fingerprint density at radius 3 is 2.64 bits per heavy atom. The molecule has 1 aromatic carbocycles.